The average molecular weight is 476 g/mol. The molecule has 0 fully saturated rings. The third-order valence-electron chi connectivity index (χ3n) is 5.49. The first kappa shape index (κ1) is 24.0. The molecule has 4 rings (SSSR count). The molecule has 4 aromatic rings. The number of fused-ring (bicyclic) bond motifs is 1. The predicted molar refractivity (Wildman–Crippen MR) is 131 cm³/mol. The van der Waals surface area contributed by atoms with Crippen molar-refractivity contribution < 1.29 is 18.7 Å². The van der Waals surface area contributed by atoms with Gasteiger partial charge in [-0.25, -0.2) is 9.37 Å². The zero-order chi connectivity index (χ0) is 24.9. The van der Waals surface area contributed by atoms with Gasteiger partial charge in [0, 0.05) is 46.1 Å². The van der Waals surface area contributed by atoms with Crippen LogP contribution >= 0.6 is 0 Å². The monoisotopic (exact) mass is 475 g/mol. The smallest absolute Gasteiger partial charge is 0.256 e. The Morgan fingerprint density at radius 2 is 1.91 bits per heavy atom. The lowest BCUT2D eigenvalue weighted by molar-refractivity contribution is -0.114. The van der Waals surface area contributed by atoms with Crippen LogP contribution in [-0.2, 0) is 22.6 Å². The van der Waals surface area contributed by atoms with Crippen molar-refractivity contribution in [1.29, 1.82) is 0 Å². The Labute approximate surface area is 202 Å². The summed E-state index contributed by atoms with van der Waals surface area (Å²) in [7, 11) is 3.29. The van der Waals surface area contributed by atoms with E-state index in [0.717, 1.165) is 5.56 Å². The summed E-state index contributed by atoms with van der Waals surface area (Å²) in [6, 6.07) is 14.9. The van der Waals surface area contributed by atoms with Gasteiger partial charge in [-0.1, -0.05) is 18.2 Å². The van der Waals surface area contributed by atoms with Gasteiger partial charge in [-0.05, 0) is 42.0 Å². The van der Waals surface area contributed by atoms with Crippen LogP contribution in [0.1, 0.15) is 22.8 Å². The van der Waals surface area contributed by atoms with E-state index < -0.39 is 0 Å². The Balaban J connectivity index is 1.85. The Morgan fingerprint density at radius 1 is 1.14 bits per heavy atom. The van der Waals surface area contributed by atoms with Gasteiger partial charge in [0.15, 0.2) is 5.82 Å². The fourth-order valence-electron chi connectivity index (χ4n) is 3.94. The molecule has 0 saturated carbocycles. The molecule has 1 N–H and O–H groups in total. The van der Waals surface area contributed by atoms with Crippen molar-refractivity contribution in [2.75, 3.05) is 26.1 Å². The molecule has 2 amide bonds. The quantitative estimate of drug-likeness (QED) is 0.414. The molecule has 0 aliphatic carbocycles. The number of rotatable bonds is 8. The molecule has 35 heavy (non-hydrogen) atoms. The zero-order valence-electron chi connectivity index (χ0n) is 19.8. The van der Waals surface area contributed by atoms with E-state index in [1.807, 2.05) is 22.8 Å². The number of hydrogen-bond donors (Lipinski definition) is 1. The number of hydrogen-bond acceptors (Lipinski definition) is 5. The number of amides is 2. The van der Waals surface area contributed by atoms with E-state index in [0.29, 0.717) is 47.0 Å². The summed E-state index contributed by atoms with van der Waals surface area (Å²) < 4.78 is 20.5. The molecule has 2 heterocycles. The van der Waals surface area contributed by atoms with Crippen LogP contribution in [-0.4, -0.2) is 52.0 Å². The van der Waals surface area contributed by atoms with Crippen molar-refractivity contribution in [3.63, 3.8) is 0 Å². The van der Waals surface area contributed by atoms with Gasteiger partial charge in [0.05, 0.1) is 23.2 Å². The van der Waals surface area contributed by atoms with E-state index in [2.05, 4.69) is 10.3 Å². The molecule has 2 aromatic carbocycles. The Morgan fingerprint density at radius 3 is 2.57 bits per heavy atom. The molecule has 0 spiro atoms. The lowest BCUT2D eigenvalue weighted by Gasteiger charge is -2.19. The zero-order valence-corrected chi connectivity index (χ0v) is 19.8. The van der Waals surface area contributed by atoms with Crippen LogP contribution in [0.5, 0.6) is 0 Å². The third kappa shape index (κ3) is 5.36. The number of imidazole rings is 1. The summed E-state index contributed by atoms with van der Waals surface area (Å²) in [6.07, 6.45) is 1.68. The highest BCUT2D eigenvalue weighted by atomic mass is 19.1. The molecule has 0 aliphatic rings. The summed E-state index contributed by atoms with van der Waals surface area (Å²) in [5.74, 6) is -0.270. The second kappa shape index (κ2) is 10.4. The minimum atomic E-state index is -0.337. The topological polar surface area (TPSA) is 89.3 Å². The molecule has 0 atom stereocenters. The number of anilines is 1. The largest absolute Gasteiger partial charge is 0.383 e. The maximum atomic E-state index is 13.7. The van der Waals surface area contributed by atoms with Crippen molar-refractivity contribution in [3.05, 3.63) is 77.7 Å². The Kier molecular flexibility index (Phi) is 7.17. The average Bonchev–Trinajstić information content (AvgIpc) is 3.21. The van der Waals surface area contributed by atoms with E-state index in [4.69, 9.17) is 9.72 Å². The third-order valence-corrected chi connectivity index (χ3v) is 5.49. The number of aromatic nitrogens is 3. The molecule has 9 heteroatoms. The highest BCUT2D eigenvalue weighted by Gasteiger charge is 2.23. The number of carbonyl (C=O) groups excluding carboxylic acids is 2. The number of nitrogens with zero attached hydrogens (tertiary/aromatic N) is 4. The van der Waals surface area contributed by atoms with E-state index in [1.54, 1.807) is 49.5 Å². The highest BCUT2D eigenvalue weighted by Crippen LogP contribution is 2.30. The second-order valence-electron chi connectivity index (χ2n) is 8.16. The van der Waals surface area contributed by atoms with Crippen LogP contribution in [0.3, 0.4) is 0 Å². The van der Waals surface area contributed by atoms with Crippen molar-refractivity contribution in [2.45, 2.75) is 20.0 Å². The summed E-state index contributed by atoms with van der Waals surface area (Å²) in [4.78, 5) is 36.2. The molecule has 0 radical (unpaired) electrons. The Bertz CT molecular complexity index is 1350. The van der Waals surface area contributed by atoms with Gasteiger partial charge in [-0.15, -0.1) is 0 Å². The number of halogens is 1. The fourth-order valence-corrected chi connectivity index (χ4v) is 3.94. The van der Waals surface area contributed by atoms with Crippen molar-refractivity contribution >= 4 is 28.5 Å². The van der Waals surface area contributed by atoms with Crippen LogP contribution in [0.4, 0.5) is 10.1 Å². The van der Waals surface area contributed by atoms with Crippen molar-refractivity contribution in [2.24, 2.45) is 0 Å². The predicted octanol–water partition coefficient (Wildman–Crippen LogP) is 4.11. The number of ether oxygens (including phenoxy) is 1. The highest BCUT2D eigenvalue weighted by molar-refractivity contribution is 6.08. The van der Waals surface area contributed by atoms with Gasteiger partial charge in [0.1, 0.15) is 11.5 Å². The Hall–Kier alpha value is -4.11. The summed E-state index contributed by atoms with van der Waals surface area (Å²) in [5, 5.41) is 2.76. The molecular formula is C26H26FN5O3. The van der Waals surface area contributed by atoms with E-state index in [-0.39, 0.29) is 24.2 Å². The number of pyridine rings is 1. The standard InChI is InChI=1S/C26H26FN5O3/c1-17(33)29-20-14-21(26(34)31(2)16-18-7-9-19(27)10-8-18)24-23(15-20)30-25(32(24)12-13-35-3)22-6-4-5-11-28-22/h4-11,14-15H,12-13,16H2,1-3H3,(H,29,33). The van der Waals surface area contributed by atoms with Crippen LogP contribution in [0.15, 0.2) is 60.8 Å². The lowest BCUT2D eigenvalue weighted by atomic mass is 10.1. The van der Waals surface area contributed by atoms with Gasteiger partial charge in [0.25, 0.3) is 5.91 Å². The molecule has 0 unspecified atom stereocenters. The molecule has 8 nitrogen and oxygen atoms in total. The SMILES string of the molecule is COCCn1c(-c2ccccn2)nc2cc(NC(C)=O)cc(C(=O)N(C)Cc3ccc(F)cc3)c21. The van der Waals surface area contributed by atoms with Crippen LogP contribution in [0.25, 0.3) is 22.6 Å². The van der Waals surface area contributed by atoms with E-state index >= 15 is 0 Å². The molecule has 2 aromatic heterocycles. The molecular weight excluding hydrogens is 449 g/mol. The van der Waals surface area contributed by atoms with Gasteiger partial charge in [-0.2, -0.15) is 0 Å². The molecule has 180 valence electrons. The molecule has 0 bridgehead atoms. The number of benzene rings is 2. The first-order valence-corrected chi connectivity index (χ1v) is 11.1. The van der Waals surface area contributed by atoms with Crippen LogP contribution in [0.2, 0.25) is 0 Å². The lowest BCUT2D eigenvalue weighted by Crippen LogP contribution is -2.27. The molecule has 0 saturated heterocycles. The molecule has 0 aliphatic heterocycles. The second-order valence-corrected chi connectivity index (χ2v) is 8.16. The summed E-state index contributed by atoms with van der Waals surface area (Å²) >= 11 is 0. The normalized spacial score (nSPS) is 11.0. The number of carbonyl (C=O) groups is 2. The van der Waals surface area contributed by atoms with Gasteiger partial charge < -0.3 is 19.5 Å². The van der Waals surface area contributed by atoms with E-state index in [1.165, 1.54) is 19.1 Å². The number of nitrogens with one attached hydrogen (secondary N) is 1. The van der Waals surface area contributed by atoms with Crippen LogP contribution < -0.4 is 5.32 Å². The first-order valence-electron chi connectivity index (χ1n) is 11.1. The van der Waals surface area contributed by atoms with Crippen molar-refractivity contribution in [1.82, 2.24) is 19.4 Å². The van der Waals surface area contributed by atoms with Gasteiger partial charge in [0.2, 0.25) is 5.91 Å². The van der Waals surface area contributed by atoms with Gasteiger partial charge >= 0.3 is 0 Å². The first-order chi connectivity index (χ1) is 16.9. The minimum Gasteiger partial charge on any atom is -0.383 e. The fraction of sp³-hybridized carbons (Fsp3) is 0.231. The van der Waals surface area contributed by atoms with Crippen LogP contribution in [0, 0.1) is 5.82 Å². The minimum absolute atomic E-state index is 0.258. The van der Waals surface area contributed by atoms with Crippen molar-refractivity contribution in [3.8, 4) is 11.5 Å². The maximum absolute atomic E-state index is 13.7. The number of methoxy groups -OCH3 is 1. The summed E-state index contributed by atoms with van der Waals surface area (Å²) in [5.41, 5.74) is 3.45. The maximum Gasteiger partial charge on any atom is 0.256 e. The van der Waals surface area contributed by atoms with Gasteiger partial charge in [-0.3, -0.25) is 14.6 Å². The summed E-state index contributed by atoms with van der Waals surface area (Å²) in [6.45, 7) is 2.53. The van der Waals surface area contributed by atoms with E-state index in [9.17, 15) is 14.0 Å².